The van der Waals surface area contributed by atoms with E-state index in [2.05, 4.69) is 104 Å². The first kappa shape index (κ1) is 82.1. The highest BCUT2D eigenvalue weighted by Gasteiger charge is 2.42. The summed E-state index contributed by atoms with van der Waals surface area (Å²) in [6.45, 7) is 22.5. The lowest BCUT2D eigenvalue weighted by Gasteiger charge is -2.30. The number of hydrazine groups is 2. The SMILES string of the molecule is C1CCOC1.CC(=O)C1C(=O)CC(C)(C)CC1=O.Cc1nn(-c2ccc(C#N)c(Br)c2)c2c1C(=O)CC(C)(C)C2.Cc1nn(-c2ccc(C(N)=O)c(CC3CCOCC3)c2)c2c1C(=O)CC(C)(C)C2.N#Cc1ccc(F)cc1Br.N#Cc1ccc(NN)cc1Br.NC1CCOCC1.NN. The molecular weight excluding hydrogens is 1460 g/mol. The van der Waals surface area contributed by atoms with E-state index in [0.717, 1.165) is 150 Å². The van der Waals surface area contributed by atoms with Gasteiger partial charge in [0.1, 0.15) is 35.7 Å². The van der Waals surface area contributed by atoms with Crippen LogP contribution in [0.15, 0.2) is 86.2 Å². The fourth-order valence-corrected chi connectivity index (χ4v) is 13.5. The number of Topliss-reactive ketones (excluding diaryl/α,β-unsaturated/α-hetero) is 5. The van der Waals surface area contributed by atoms with Crippen LogP contribution in [0.3, 0.4) is 0 Å². The summed E-state index contributed by atoms with van der Waals surface area (Å²) in [4.78, 5) is 71.0. The average molecular weight is 1550 g/mol. The number of aryl methyl sites for hydroxylation is 2. The molecule has 0 radical (unpaired) electrons. The quantitative estimate of drug-likeness (QED) is 0.0491. The zero-order valence-electron chi connectivity index (χ0n) is 57.8. The molecule has 6 aliphatic rings. The van der Waals surface area contributed by atoms with E-state index in [1.165, 1.54) is 38.0 Å². The Morgan fingerprint density at radius 1 is 0.606 bits per heavy atom. The fourth-order valence-electron chi connectivity index (χ4n) is 12.2. The second-order valence-electron chi connectivity index (χ2n) is 27.2. The molecule has 1 saturated carbocycles. The Labute approximate surface area is 604 Å². The number of nitrogens with one attached hydrogen (secondary N) is 1. The van der Waals surface area contributed by atoms with Crippen molar-refractivity contribution >= 4 is 88.3 Å². The van der Waals surface area contributed by atoms with Gasteiger partial charge in [0.15, 0.2) is 23.1 Å². The number of ether oxygens (including phenoxy) is 3. The number of nitrogen functional groups attached to an aromatic ring is 1. The number of amides is 1. The number of carbonyl (C=O) groups is 6. The zero-order chi connectivity index (χ0) is 73.5. The van der Waals surface area contributed by atoms with Crippen molar-refractivity contribution in [1.29, 1.82) is 15.8 Å². The number of hydrogen-bond acceptors (Lipinski definition) is 19. The van der Waals surface area contributed by atoms with E-state index in [1.807, 2.05) is 73.5 Å². The van der Waals surface area contributed by atoms with Gasteiger partial charge in [-0.05, 0) is 227 Å². The molecule has 99 heavy (non-hydrogen) atoms. The first-order valence-corrected chi connectivity index (χ1v) is 35.0. The highest BCUT2D eigenvalue weighted by molar-refractivity contribution is 9.11. The van der Waals surface area contributed by atoms with Gasteiger partial charge in [-0.1, -0.05) is 41.5 Å². The van der Waals surface area contributed by atoms with Gasteiger partial charge in [0.2, 0.25) is 5.91 Å². The lowest BCUT2D eigenvalue weighted by molar-refractivity contribution is -0.144. The minimum Gasteiger partial charge on any atom is -0.381 e. The smallest absolute Gasteiger partial charge is 0.248 e. The number of nitrogens with zero attached hydrogens (tertiary/aromatic N) is 7. The van der Waals surface area contributed by atoms with Crippen molar-refractivity contribution in [3.05, 3.63) is 154 Å². The van der Waals surface area contributed by atoms with E-state index in [4.69, 9.17) is 52.4 Å². The Bertz CT molecular complexity index is 3950. The normalized spacial score (nSPS) is 17.2. The maximum absolute atomic E-state index is 12.7. The molecule has 1 amide bonds. The lowest BCUT2D eigenvalue weighted by Crippen LogP contribution is -2.40. The second-order valence-corrected chi connectivity index (χ2v) is 29.8. The summed E-state index contributed by atoms with van der Waals surface area (Å²) in [7, 11) is 0. The molecule has 530 valence electrons. The number of ketones is 5. The standard InChI is InChI=1S/C23H29N3O3.C17H16BrN3O.C10H14O3.C7H3BrFN.C7H6BrN3.C5H11NO.C4H8O.H4N2/c1-14-21-19(12-23(2,3)13-20(21)27)26(25-14)17-4-5-18(22(24)28)16(11-17)10-15-6-8-29-9-7-15;1-10-16-14(7-17(2,3)8-15(16)22)21(20-10)12-5-4-11(9-19)13(18)6-12;1-6(11)9-7(12)4-10(2,3)5-8(9)13;8-7-3-6(9)2-1-5(7)4-10;8-7-3-6(11-10)2-1-5(7)4-9;6-5-1-3-7-4-2-5;1-2-4-5-3-1;1-2/h4-5,11,15H,6-10,12-13H2,1-3H3,(H2,24,28);4-6H,7-8H2,1-3H3;9H,4-5H2,1-3H3;1-3H;1-3,11H,10H2;5H,1-4,6H2;1-4H2;1-2H2. The number of halogens is 4. The number of anilines is 1. The molecule has 0 unspecified atom stereocenters. The van der Waals surface area contributed by atoms with E-state index in [9.17, 15) is 33.2 Å². The number of rotatable bonds is 7. The van der Waals surface area contributed by atoms with Gasteiger partial charge in [-0.15, -0.1) is 0 Å². The second kappa shape index (κ2) is 38.3. The number of primary amides is 1. The van der Waals surface area contributed by atoms with Crippen LogP contribution in [0, 0.1) is 81.7 Å². The van der Waals surface area contributed by atoms with Crippen molar-refractivity contribution in [3.8, 4) is 29.6 Å². The van der Waals surface area contributed by atoms with Gasteiger partial charge in [-0.2, -0.15) is 26.0 Å². The Morgan fingerprint density at radius 2 is 1.02 bits per heavy atom. The van der Waals surface area contributed by atoms with Crippen LogP contribution in [-0.4, -0.2) is 100 Å². The average Bonchev–Trinajstić information content (AvgIpc) is 1.64. The van der Waals surface area contributed by atoms with Gasteiger partial charge < -0.3 is 31.1 Å². The van der Waals surface area contributed by atoms with Crippen LogP contribution in [0.1, 0.15) is 189 Å². The summed E-state index contributed by atoms with van der Waals surface area (Å²) < 4.78 is 33.5. The molecule has 12 rings (SSSR count). The molecule has 2 aromatic heterocycles. The first-order chi connectivity index (χ1) is 46.8. The summed E-state index contributed by atoms with van der Waals surface area (Å²) in [6.07, 6.45) is 10.8. The summed E-state index contributed by atoms with van der Waals surface area (Å²) in [5.74, 6) is 11.5. The molecule has 5 heterocycles. The first-order valence-electron chi connectivity index (χ1n) is 32.6. The number of carbonyl (C=O) groups excluding carboxylic acids is 6. The van der Waals surface area contributed by atoms with Crippen LogP contribution in [0.5, 0.6) is 0 Å². The number of nitrogens with two attached hydrogens (primary N) is 5. The van der Waals surface area contributed by atoms with Gasteiger partial charge in [0, 0.05) is 96.0 Å². The Morgan fingerprint density at radius 3 is 1.41 bits per heavy atom. The Hall–Kier alpha value is -7.52. The third-order valence-electron chi connectivity index (χ3n) is 17.0. The predicted octanol–water partition coefficient (Wildman–Crippen LogP) is 12.3. The third-order valence-corrected chi connectivity index (χ3v) is 18.9. The fraction of sp³-hybridized carbons (Fsp3) is 0.466. The maximum Gasteiger partial charge on any atom is 0.248 e. The molecule has 11 N–H and O–H groups in total. The van der Waals surface area contributed by atoms with Crippen LogP contribution in [0.2, 0.25) is 0 Å². The van der Waals surface area contributed by atoms with E-state index < -0.39 is 11.8 Å². The number of fused-ring (bicyclic) bond motifs is 2. The minimum absolute atomic E-state index is 0.0574. The number of hydrogen-bond donors (Lipinski definition) is 6. The number of benzene rings is 4. The highest BCUT2D eigenvalue weighted by atomic mass is 79.9. The van der Waals surface area contributed by atoms with Crippen LogP contribution >= 0.6 is 47.8 Å². The van der Waals surface area contributed by atoms with Gasteiger partial charge >= 0.3 is 0 Å². The molecule has 26 heteroatoms. The third kappa shape index (κ3) is 24.1. The van der Waals surface area contributed by atoms with Crippen LogP contribution < -0.4 is 34.4 Å². The molecule has 3 aliphatic carbocycles. The lowest BCUT2D eigenvalue weighted by atomic mass is 9.70. The summed E-state index contributed by atoms with van der Waals surface area (Å²) in [5.41, 5.74) is 23.9. The molecular formula is C73H91Br3FN13O9. The van der Waals surface area contributed by atoms with Crippen molar-refractivity contribution in [2.24, 2.45) is 57.1 Å². The van der Waals surface area contributed by atoms with Crippen molar-refractivity contribution < 1.29 is 47.4 Å². The van der Waals surface area contributed by atoms with E-state index in [0.29, 0.717) is 64.4 Å². The van der Waals surface area contributed by atoms with Gasteiger partial charge in [-0.25, -0.2) is 13.8 Å². The number of aromatic nitrogens is 4. The van der Waals surface area contributed by atoms with Crippen molar-refractivity contribution in [3.63, 3.8) is 0 Å². The Balaban J connectivity index is 0.000000223. The molecule has 0 atom stereocenters. The molecule has 4 aromatic carbocycles. The van der Waals surface area contributed by atoms with Gasteiger partial charge in [0.25, 0.3) is 0 Å². The van der Waals surface area contributed by atoms with E-state index >= 15 is 0 Å². The highest BCUT2D eigenvalue weighted by Crippen LogP contribution is 2.40. The topological polar surface area (TPSA) is 379 Å². The monoisotopic (exact) mass is 1550 g/mol. The van der Waals surface area contributed by atoms with Crippen LogP contribution in [0.25, 0.3) is 11.4 Å². The van der Waals surface area contributed by atoms with E-state index in [-0.39, 0.29) is 51.0 Å². The molecule has 3 saturated heterocycles. The van der Waals surface area contributed by atoms with Crippen molar-refractivity contribution in [2.75, 3.05) is 45.1 Å². The van der Waals surface area contributed by atoms with Crippen molar-refractivity contribution in [2.45, 2.75) is 152 Å². The summed E-state index contributed by atoms with van der Waals surface area (Å²) in [6, 6.07) is 26.8. The molecule has 6 aromatic rings. The molecule has 4 fully saturated rings. The predicted molar refractivity (Wildman–Crippen MR) is 387 cm³/mol. The molecule has 0 bridgehead atoms. The van der Waals surface area contributed by atoms with Gasteiger partial charge in [0.05, 0.1) is 62.0 Å². The van der Waals surface area contributed by atoms with Gasteiger partial charge in [-0.3, -0.25) is 46.3 Å². The largest absolute Gasteiger partial charge is 0.381 e. The Kier molecular flexibility index (Phi) is 31.8. The molecule has 0 spiro atoms. The summed E-state index contributed by atoms with van der Waals surface area (Å²) >= 11 is 9.69. The summed E-state index contributed by atoms with van der Waals surface area (Å²) in [5, 5.41) is 35.3. The molecule has 3 aliphatic heterocycles. The molecule has 22 nitrogen and oxygen atoms in total. The van der Waals surface area contributed by atoms with Crippen molar-refractivity contribution in [1.82, 2.24) is 19.6 Å². The maximum atomic E-state index is 12.7. The van der Waals surface area contributed by atoms with E-state index in [1.54, 1.807) is 30.3 Å². The van der Waals surface area contributed by atoms with Crippen LogP contribution in [0.4, 0.5) is 10.1 Å². The zero-order valence-corrected chi connectivity index (χ0v) is 62.6. The van der Waals surface area contributed by atoms with Crippen LogP contribution in [-0.2, 0) is 47.9 Å². The number of nitriles is 3. The minimum atomic E-state index is -0.965.